The average molecular weight is 295 g/mol. The first kappa shape index (κ1) is 14.3. The van der Waals surface area contributed by atoms with Gasteiger partial charge in [-0.25, -0.2) is 14.2 Å². The maximum atomic E-state index is 13.1. The highest BCUT2D eigenvalue weighted by atomic mass is 35.5. The zero-order chi connectivity index (χ0) is 14.7. The number of nitrogens with zero attached hydrogens (tertiary/aromatic N) is 2. The second kappa shape index (κ2) is 5.88. The summed E-state index contributed by atoms with van der Waals surface area (Å²) in [5.41, 5.74) is 0.730. The van der Waals surface area contributed by atoms with Crippen LogP contribution in [-0.2, 0) is 6.54 Å². The van der Waals surface area contributed by atoms with Crippen LogP contribution in [0.2, 0.25) is 5.02 Å². The highest BCUT2D eigenvalue weighted by molar-refractivity contribution is 6.35. The largest absolute Gasteiger partial charge is 0.478 e. The zero-order valence-electron chi connectivity index (χ0n) is 10.7. The number of carboxylic acids is 1. The van der Waals surface area contributed by atoms with Crippen molar-refractivity contribution >= 4 is 23.4 Å². The average Bonchev–Trinajstić information content (AvgIpc) is 2.38. The van der Waals surface area contributed by atoms with E-state index >= 15 is 0 Å². The summed E-state index contributed by atoms with van der Waals surface area (Å²) >= 11 is 6.04. The number of aromatic nitrogens is 1. The molecule has 0 spiro atoms. The molecule has 6 heteroatoms. The fourth-order valence-corrected chi connectivity index (χ4v) is 2.18. The summed E-state index contributed by atoms with van der Waals surface area (Å²) in [5, 5.41) is 9.09. The smallest absolute Gasteiger partial charge is 0.337 e. The fourth-order valence-electron chi connectivity index (χ4n) is 1.85. The highest BCUT2D eigenvalue weighted by Gasteiger charge is 2.16. The van der Waals surface area contributed by atoms with Gasteiger partial charge in [0.2, 0.25) is 0 Å². The van der Waals surface area contributed by atoms with Gasteiger partial charge in [-0.3, -0.25) is 0 Å². The lowest BCUT2D eigenvalue weighted by Crippen LogP contribution is -2.19. The van der Waals surface area contributed by atoms with Crippen LogP contribution in [0.1, 0.15) is 15.9 Å². The Labute approximate surface area is 120 Å². The predicted octanol–water partition coefficient (Wildman–Crippen LogP) is 3.21. The van der Waals surface area contributed by atoms with E-state index in [9.17, 15) is 9.18 Å². The first-order valence-corrected chi connectivity index (χ1v) is 6.20. The van der Waals surface area contributed by atoms with Crippen LogP contribution in [-0.4, -0.2) is 23.1 Å². The van der Waals surface area contributed by atoms with Crippen molar-refractivity contribution in [1.29, 1.82) is 0 Å². The molecule has 0 saturated carbocycles. The summed E-state index contributed by atoms with van der Waals surface area (Å²) in [5.74, 6) is -1.09. The van der Waals surface area contributed by atoms with Crippen molar-refractivity contribution in [3.8, 4) is 0 Å². The number of anilines is 1. The molecule has 2 rings (SSSR count). The summed E-state index contributed by atoms with van der Waals surface area (Å²) in [6.07, 6.45) is 1.38. The SMILES string of the molecule is CN(Cc1cccc(F)c1)c1nccc(C(=O)O)c1Cl. The minimum absolute atomic E-state index is 0.0113. The first-order valence-electron chi connectivity index (χ1n) is 5.82. The maximum Gasteiger partial charge on any atom is 0.337 e. The zero-order valence-corrected chi connectivity index (χ0v) is 11.4. The van der Waals surface area contributed by atoms with Crippen LogP contribution in [0.25, 0.3) is 0 Å². The molecule has 0 radical (unpaired) electrons. The van der Waals surface area contributed by atoms with Crippen molar-refractivity contribution in [2.45, 2.75) is 6.54 Å². The Hall–Kier alpha value is -2.14. The molecule has 1 aromatic carbocycles. The van der Waals surface area contributed by atoms with Crippen molar-refractivity contribution in [2.75, 3.05) is 11.9 Å². The number of carbonyl (C=O) groups is 1. The minimum atomic E-state index is -1.11. The van der Waals surface area contributed by atoms with Crippen LogP contribution in [0.5, 0.6) is 0 Å². The summed E-state index contributed by atoms with van der Waals surface area (Å²) in [6, 6.07) is 7.49. The molecule has 0 amide bonds. The van der Waals surface area contributed by atoms with E-state index in [0.717, 1.165) is 5.56 Å². The van der Waals surface area contributed by atoms with Gasteiger partial charge < -0.3 is 10.0 Å². The van der Waals surface area contributed by atoms with Gasteiger partial charge in [-0.1, -0.05) is 23.7 Å². The standard InChI is InChI=1S/C14H12ClFN2O2/c1-18(8-9-3-2-4-10(16)7-9)13-12(15)11(14(19)20)5-6-17-13/h2-7H,8H2,1H3,(H,19,20). The van der Waals surface area contributed by atoms with Crippen LogP contribution in [0.4, 0.5) is 10.2 Å². The monoisotopic (exact) mass is 294 g/mol. The Morgan fingerprint density at radius 1 is 1.45 bits per heavy atom. The number of carboxylic acid groups (broad SMARTS) is 1. The van der Waals surface area contributed by atoms with Crippen molar-refractivity contribution in [1.82, 2.24) is 4.98 Å². The van der Waals surface area contributed by atoms with Crippen molar-refractivity contribution in [3.05, 3.63) is 58.5 Å². The van der Waals surface area contributed by atoms with Crippen LogP contribution in [0.15, 0.2) is 36.5 Å². The number of hydrogen-bond acceptors (Lipinski definition) is 3. The van der Waals surface area contributed by atoms with Gasteiger partial charge in [-0.2, -0.15) is 0 Å². The minimum Gasteiger partial charge on any atom is -0.478 e. The normalized spacial score (nSPS) is 10.3. The number of aromatic carboxylic acids is 1. The van der Waals surface area contributed by atoms with Crippen LogP contribution in [0, 0.1) is 5.82 Å². The van der Waals surface area contributed by atoms with E-state index in [1.54, 1.807) is 24.1 Å². The van der Waals surface area contributed by atoms with E-state index in [4.69, 9.17) is 16.7 Å². The van der Waals surface area contributed by atoms with Crippen LogP contribution in [0.3, 0.4) is 0 Å². The van der Waals surface area contributed by atoms with Gasteiger partial charge in [-0.05, 0) is 23.8 Å². The summed E-state index contributed by atoms with van der Waals surface area (Å²) in [7, 11) is 1.71. The third-order valence-electron chi connectivity index (χ3n) is 2.77. The fraction of sp³-hybridized carbons (Fsp3) is 0.143. The van der Waals surface area contributed by atoms with Gasteiger partial charge in [0, 0.05) is 19.8 Å². The molecule has 0 aliphatic rings. The third-order valence-corrected chi connectivity index (χ3v) is 3.14. The first-order chi connectivity index (χ1) is 9.49. The van der Waals surface area contributed by atoms with Gasteiger partial charge in [0.15, 0.2) is 0 Å². The molecule has 0 saturated heterocycles. The number of pyridine rings is 1. The third kappa shape index (κ3) is 3.05. The molecular weight excluding hydrogens is 283 g/mol. The van der Waals surface area contributed by atoms with Crippen molar-refractivity contribution < 1.29 is 14.3 Å². The number of hydrogen-bond donors (Lipinski definition) is 1. The lowest BCUT2D eigenvalue weighted by atomic mass is 10.2. The highest BCUT2D eigenvalue weighted by Crippen LogP contribution is 2.27. The Morgan fingerprint density at radius 2 is 2.20 bits per heavy atom. The van der Waals surface area contributed by atoms with Gasteiger partial charge in [0.25, 0.3) is 0 Å². The summed E-state index contributed by atoms with van der Waals surface area (Å²) < 4.78 is 13.1. The second-order valence-corrected chi connectivity index (χ2v) is 4.67. The molecule has 0 aliphatic heterocycles. The molecule has 104 valence electrons. The Balaban J connectivity index is 2.28. The molecule has 1 N–H and O–H groups in total. The molecule has 20 heavy (non-hydrogen) atoms. The molecule has 1 aromatic heterocycles. The van der Waals surface area contributed by atoms with Gasteiger partial charge in [0.1, 0.15) is 11.6 Å². The van der Waals surface area contributed by atoms with Crippen molar-refractivity contribution in [2.24, 2.45) is 0 Å². The molecule has 0 unspecified atom stereocenters. The lowest BCUT2D eigenvalue weighted by Gasteiger charge is -2.20. The molecule has 0 aliphatic carbocycles. The summed E-state index contributed by atoms with van der Waals surface area (Å²) in [4.78, 5) is 16.8. The van der Waals surface area contributed by atoms with E-state index in [1.807, 2.05) is 0 Å². The number of halogens is 2. The molecule has 0 atom stereocenters. The molecule has 4 nitrogen and oxygen atoms in total. The topological polar surface area (TPSA) is 53.4 Å². The Kier molecular flexibility index (Phi) is 4.20. The lowest BCUT2D eigenvalue weighted by molar-refractivity contribution is 0.0697. The van der Waals surface area contributed by atoms with Crippen LogP contribution < -0.4 is 4.90 Å². The van der Waals surface area contributed by atoms with E-state index in [1.165, 1.54) is 24.4 Å². The van der Waals surface area contributed by atoms with E-state index in [2.05, 4.69) is 4.98 Å². The number of benzene rings is 1. The number of rotatable bonds is 4. The van der Waals surface area contributed by atoms with Gasteiger partial charge in [-0.15, -0.1) is 0 Å². The van der Waals surface area contributed by atoms with Gasteiger partial charge in [0.05, 0.1) is 10.6 Å². The summed E-state index contributed by atoms with van der Waals surface area (Å²) in [6.45, 7) is 0.369. The Morgan fingerprint density at radius 3 is 2.85 bits per heavy atom. The molecule has 1 heterocycles. The molecular formula is C14H12ClFN2O2. The van der Waals surface area contributed by atoms with E-state index in [-0.39, 0.29) is 16.4 Å². The molecule has 0 bridgehead atoms. The van der Waals surface area contributed by atoms with Crippen molar-refractivity contribution in [3.63, 3.8) is 0 Å². The quantitative estimate of drug-likeness (QED) is 0.941. The molecule has 2 aromatic rings. The predicted molar refractivity (Wildman–Crippen MR) is 74.7 cm³/mol. The second-order valence-electron chi connectivity index (χ2n) is 4.29. The molecule has 0 fully saturated rings. The Bertz CT molecular complexity index is 649. The van der Waals surface area contributed by atoms with Gasteiger partial charge >= 0.3 is 5.97 Å². The maximum absolute atomic E-state index is 13.1. The van der Waals surface area contributed by atoms with E-state index in [0.29, 0.717) is 12.4 Å². The van der Waals surface area contributed by atoms with Crippen LogP contribution >= 0.6 is 11.6 Å². The van der Waals surface area contributed by atoms with E-state index < -0.39 is 5.97 Å².